The third-order valence-corrected chi connectivity index (χ3v) is 2.87. The molecule has 1 heterocycles. The Morgan fingerprint density at radius 1 is 1.06 bits per heavy atom. The van der Waals surface area contributed by atoms with Crippen molar-refractivity contribution in [2.45, 2.75) is 0 Å². The van der Waals surface area contributed by atoms with Gasteiger partial charge < -0.3 is 19.9 Å². The maximum absolute atomic E-state index is 9.88. The molecule has 4 nitrogen and oxygen atoms in total. The average Bonchev–Trinajstić information content (AvgIpc) is 2.65. The van der Waals surface area contributed by atoms with E-state index in [0.717, 1.165) is 16.7 Å². The summed E-state index contributed by atoms with van der Waals surface area (Å²) in [5, 5.41) is 20.9. The van der Waals surface area contributed by atoms with Crippen LogP contribution in [-0.2, 0) is 0 Å². The van der Waals surface area contributed by atoms with Crippen LogP contribution in [0.2, 0.25) is 0 Å². The Morgan fingerprint density at radius 2 is 1.88 bits per heavy atom. The van der Waals surface area contributed by atoms with E-state index in [2.05, 4.69) is 4.98 Å². The predicted octanol–water partition coefficient (Wildman–Crippen LogP) is 2.74. The lowest BCUT2D eigenvalue weighted by molar-refractivity contribution is 0.415. The first-order valence-corrected chi connectivity index (χ1v) is 5.20. The molecule has 0 aliphatic heterocycles. The molecular weight excluding hydrogens is 218 g/mol. The Kier molecular flexibility index (Phi) is 1.92. The molecule has 0 bridgehead atoms. The van der Waals surface area contributed by atoms with E-state index in [9.17, 15) is 10.2 Å². The first-order valence-electron chi connectivity index (χ1n) is 5.20. The lowest BCUT2D eigenvalue weighted by Crippen LogP contribution is -1.80. The summed E-state index contributed by atoms with van der Waals surface area (Å²) >= 11 is 0. The maximum Gasteiger partial charge on any atom is 0.129 e. The highest BCUT2D eigenvalue weighted by molar-refractivity contribution is 6.11. The number of H-pyrrole nitrogens is 1. The summed E-state index contributed by atoms with van der Waals surface area (Å²) in [6.07, 6.45) is 0. The van der Waals surface area contributed by atoms with Crippen LogP contribution in [0.25, 0.3) is 21.8 Å². The Balaban J connectivity index is 2.48. The summed E-state index contributed by atoms with van der Waals surface area (Å²) in [5.41, 5.74) is 1.59. The number of aromatic nitrogens is 1. The first-order chi connectivity index (χ1) is 8.19. The second-order valence-electron chi connectivity index (χ2n) is 3.92. The van der Waals surface area contributed by atoms with Crippen LogP contribution in [0.5, 0.6) is 17.2 Å². The summed E-state index contributed by atoms with van der Waals surface area (Å²) in [6, 6.07) is 8.49. The second-order valence-corrected chi connectivity index (χ2v) is 3.92. The highest BCUT2D eigenvalue weighted by Crippen LogP contribution is 2.36. The Labute approximate surface area is 97.1 Å². The largest absolute Gasteiger partial charge is 0.508 e. The third kappa shape index (κ3) is 1.38. The Hall–Kier alpha value is -2.36. The molecule has 0 fully saturated rings. The van der Waals surface area contributed by atoms with Gasteiger partial charge in [-0.2, -0.15) is 0 Å². The van der Waals surface area contributed by atoms with E-state index < -0.39 is 0 Å². The number of rotatable bonds is 1. The molecule has 0 spiro atoms. The van der Waals surface area contributed by atoms with Crippen molar-refractivity contribution in [2.75, 3.05) is 7.11 Å². The van der Waals surface area contributed by atoms with Gasteiger partial charge in [-0.25, -0.2) is 0 Å². The van der Waals surface area contributed by atoms with E-state index in [1.54, 1.807) is 13.2 Å². The Morgan fingerprint density at radius 3 is 2.65 bits per heavy atom. The molecule has 1 aromatic heterocycles. The monoisotopic (exact) mass is 229 g/mol. The normalized spacial score (nSPS) is 11.1. The van der Waals surface area contributed by atoms with Gasteiger partial charge in [0.25, 0.3) is 0 Å². The van der Waals surface area contributed by atoms with Gasteiger partial charge in [0.15, 0.2) is 0 Å². The molecule has 0 atom stereocenters. The smallest absolute Gasteiger partial charge is 0.129 e. The molecule has 17 heavy (non-hydrogen) atoms. The number of hydrogen-bond acceptors (Lipinski definition) is 3. The number of methoxy groups -OCH3 is 1. The van der Waals surface area contributed by atoms with Gasteiger partial charge >= 0.3 is 0 Å². The zero-order chi connectivity index (χ0) is 12.0. The van der Waals surface area contributed by atoms with Crippen molar-refractivity contribution in [3.05, 3.63) is 30.3 Å². The van der Waals surface area contributed by atoms with Crippen molar-refractivity contribution in [2.24, 2.45) is 0 Å². The van der Waals surface area contributed by atoms with E-state index in [0.29, 0.717) is 10.9 Å². The second kappa shape index (κ2) is 3.31. The average molecular weight is 229 g/mol. The van der Waals surface area contributed by atoms with Gasteiger partial charge in [-0.3, -0.25) is 0 Å². The van der Waals surface area contributed by atoms with E-state index in [1.807, 2.05) is 18.2 Å². The number of ether oxygens (including phenoxy) is 1. The number of nitrogens with one attached hydrogen (secondary N) is 1. The molecule has 86 valence electrons. The van der Waals surface area contributed by atoms with Gasteiger partial charge in [-0.1, -0.05) is 0 Å². The fourth-order valence-electron chi connectivity index (χ4n) is 2.10. The number of aromatic hydroxyl groups is 2. The van der Waals surface area contributed by atoms with Crippen molar-refractivity contribution < 1.29 is 14.9 Å². The Bertz CT molecular complexity index is 715. The van der Waals surface area contributed by atoms with Gasteiger partial charge in [0.05, 0.1) is 12.6 Å². The fraction of sp³-hybridized carbons (Fsp3) is 0.0769. The van der Waals surface area contributed by atoms with Crippen LogP contribution < -0.4 is 4.74 Å². The third-order valence-electron chi connectivity index (χ3n) is 2.87. The topological polar surface area (TPSA) is 65.5 Å². The molecule has 0 saturated carbocycles. The minimum atomic E-state index is 0.0357. The first kappa shape index (κ1) is 9.84. The van der Waals surface area contributed by atoms with Gasteiger partial charge in [0.2, 0.25) is 0 Å². The maximum atomic E-state index is 9.88. The molecule has 0 saturated heterocycles. The number of fused-ring (bicyclic) bond motifs is 3. The van der Waals surface area contributed by atoms with Crippen molar-refractivity contribution in [3.63, 3.8) is 0 Å². The van der Waals surface area contributed by atoms with Crippen molar-refractivity contribution in [3.8, 4) is 17.2 Å². The van der Waals surface area contributed by atoms with Gasteiger partial charge in [-0.15, -0.1) is 0 Å². The molecule has 3 rings (SSSR count). The number of benzene rings is 2. The molecule has 4 heteroatoms. The summed E-state index contributed by atoms with van der Waals surface area (Å²) in [5.74, 6) is 0.818. The highest BCUT2D eigenvalue weighted by Gasteiger charge is 2.10. The molecule has 0 aliphatic rings. The van der Waals surface area contributed by atoms with E-state index in [4.69, 9.17) is 4.74 Å². The van der Waals surface area contributed by atoms with Crippen molar-refractivity contribution in [1.29, 1.82) is 0 Å². The van der Waals surface area contributed by atoms with Gasteiger partial charge in [-0.05, 0) is 18.2 Å². The predicted molar refractivity (Wildman–Crippen MR) is 65.7 cm³/mol. The van der Waals surface area contributed by atoms with E-state index in [-0.39, 0.29) is 11.5 Å². The zero-order valence-corrected chi connectivity index (χ0v) is 9.19. The van der Waals surface area contributed by atoms with Gasteiger partial charge in [0.1, 0.15) is 17.2 Å². The van der Waals surface area contributed by atoms with Crippen molar-refractivity contribution >= 4 is 21.8 Å². The van der Waals surface area contributed by atoms with Crippen molar-refractivity contribution in [1.82, 2.24) is 4.98 Å². The summed E-state index contributed by atoms with van der Waals surface area (Å²) in [4.78, 5) is 3.14. The van der Waals surface area contributed by atoms with Crippen LogP contribution in [0.15, 0.2) is 30.3 Å². The molecule has 3 aromatic rings. The van der Waals surface area contributed by atoms with Crippen LogP contribution in [-0.4, -0.2) is 22.3 Å². The molecule has 0 radical (unpaired) electrons. The minimum Gasteiger partial charge on any atom is -0.508 e. The minimum absolute atomic E-state index is 0.0357. The number of phenols is 2. The fourth-order valence-corrected chi connectivity index (χ4v) is 2.10. The van der Waals surface area contributed by atoms with E-state index in [1.165, 1.54) is 6.07 Å². The highest BCUT2D eigenvalue weighted by atomic mass is 16.5. The molecule has 0 unspecified atom stereocenters. The lowest BCUT2D eigenvalue weighted by Gasteiger charge is -2.00. The zero-order valence-electron chi connectivity index (χ0n) is 9.19. The van der Waals surface area contributed by atoms with Crippen LogP contribution in [0.4, 0.5) is 0 Å². The standard InChI is InChI=1S/C13H11NO3/c1-17-8-2-3-10-9(6-8)13-11(14-10)4-7(15)5-12(13)16/h2-6,14-16H,1H3. The van der Waals surface area contributed by atoms with Crippen LogP contribution in [0.3, 0.4) is 0 Å². The van der Waals surface area contributed by atoms with Crippen LogP contribution >= 0.6 is 0 Å². The SMILES string of the molecule is COc1ccc2[nH]c3cc(O)cc(O)c3c2c1. The van der Waals surface area contributed by atoms with Crippen LogP contribution in [0, 0.1) is 0 Å². The van der Waals surface area contributed by atoms with Crippen LogP contribution in [0.1, 0.15) is 0 Å². The quantitative estimate of drug-likeness (QED) is 0.601. The van der Waals surface area contributed by atoms with E-state index >= 15 is 0 Å². The lowest BCUT2D eigenvalue weighted by atomic mass is 10.1. The summed E-state index contributed by atoms with van der Waals surface area (Å²) < 4.78 is 5.16. The number of hydrogen-bond donors (Lipinski definition) is 3. The molecule has 0 aliphatic carbocycles. The van der Waals surface area contributed by atoms with Gasteiger partial charge in [0, 0.05) is 28.4 Å². The molecule has 2 aromatic carbocycles. The number of phenolic OH excluding ortho intramolecular Hbond substituents is 2. The molecule has 3 N–H and O–H groups in total. The number of aromatic amines is 1. The molecular formula is C13H11NO3. The summed E-state index contributed by atoms with van der Waals surface area (Å²) in [6.45, 7) is 0. The summed E-state index contributed by atoms with van der Waals surface area (Å²) in [7, 11) is 1.60. The molecule has 0 amide bonds.